The maximum Gasteiger partial charge on any atom is 0.269 e. The van der Waals surface area contributed by atoms with E-state index in [2.05, 4.69) is 36.3 Å². The minimum Gasteiger partial charge on any atom is -0.298 e. The van der Waals surface area contributed by atoms with Gasteiger partial charge in [-0.3, -0.25) is 20.2 Å². The lowest BCUT2D eigenvalue weighted by Crippen LogP contribution is -2.07. The molecule has 28 heavy (non-hydrogen) atoms. The summed E-state index contributed by atoms with van der Waals surface area (Å²) in [5.74, 6) is -0.309. The van der Waals surface area contributed by atoms with Gasteiger partial charge in [0.05, 0.1) is 10.6 Å². The molecule has 6 nitrogen and oxygen atoms in total. The van der Waals surface area contributed by atoms with Gasteiger partial charge in [0.1, 0.15) is 0 Å². The molecule has 1 N–H and O–H groups in total. The number of carbonyl (C=O) groups is 1. The van der Waals surface area contributed by atoms with Crippen LogP contribution in [0, 0.1) is 30.9 Å². The van der Waals surface area contributed by atoms with Crippen molar-refractivity contribution >= 4 is 34.1 Å². The largest absolute Gasteiger partial charge is 0.298 e. The quantitative estimate of drug-likeness (QED) is 0.362. The first-order valence-corrected chi connectivity index (χ1v) is 9.48. The van der Waals surface area contributed by atoms with Crippen molar-refractivity contribution in [2.75, 3.05) is 5.32 Å². The van der Waals surface area contributed by atoms with Crippen molar-refractivity contribution < 1.29 is 9.72 Å². The molecule has 2 aromatic carbocycles. The maximum atomic E-state index is 12.1. The second-order valence-electron chi connectivity index (χ2n) is 6.46. The molecular formula is C21H19N3O3S. The number of rotatable bonds is 5. The first-order valence-electron chi connectivity index (χ1n) is 8.61. The average molecular weight is 393 g/mol. The van der Waals surface area contributed by atoms with Gasteiger partial charge in [-0.05, 0) is 67.3 Å². The SMILES string of the molecule is Cc1cc(C)c(-c2csc(NC(=O)C=Cc3ccc([N+](=O)[O-])cc3)n2)cc1C. The fraction of sp³-hybridized carbons (Fsp3) is 0.143. The van der Waals surface area contributed by atoms with E-state index in [1.807, 2.05) is 12.3 Å². The Balaban J connectivity index is 1.68. The van der Waals surface area contributed by atoms with Crippen LogP contribution < -0.4 is 5.32 Å². The number of nitro groups is 1. The highest BCUT2D eigenvalue weighted by Crippen LogP contribution is 2.29. The monoisotopic (exact) mass is 393 g/mol. The van der Waals surface area contributed by atoms with Crippen LogP contribution in [0.25, 0.3) is 17.3 Å². The molecular weight excluding hydrogens is 374 g/mol. The Labute approximate surface area is 166 Å². The van der Waals surface area contributed by atoms with E-state index in [1.54, 1.807) is 18.2 Å². The van der Waals surface area contributed by atoms with Gasteiger partial charge in [-0.15, -0.1) is 11.3 Å². The molecule has 3 aromatic rings. The molecule has 0 spiro atoms. The molecule has 0 bridgehead atoms. The van der Waals surface area contributed by atoms with Crippen molar-refractivity contribution in [1.29, 1.82) is 0 Å². The van der Waals surface area contributed by atoms with Crippen molar-refractivity contribution in [2.45, 2.75) is 20.8 Å². The third-order valence-corrected chi connectivity index (χ3v) is 5.14. The molecule has 0 atom stereocenters. The topological polar surface area (TPSA) is 85.1 Å². The second-order valence-corrected chi connectivity index (χ2v) is 7.32. The normalized spacial score (nSPS) is 11.0. The molecule has 0 aliphatic heterocycles. The molecule has 0 aliphatic rings. The molecule has 142 valence electrons. The molecule has 7 heteroatoms. The Hall–Kier alpha value is -3.32. The van der Waals surface area contributed by atoms with Crippen LogP contribution in [0.15, 0.2) is 47.9 Å². The first-order chi connectivity index (χ1) is 13.3. The summed E-state index contributed by atoms with van der Waals surface area (Å²) < 4.78 is 0. The Morgan fingerprint density at radius 3 is 2.46 bits per heavy atom. The number of benzene rings is 2. The van der Waals surface area contributed by atoms with E-state index in [0.717, 1.165) is 16.8 Å². The molecule has 1 aromatic heterocycles. The van der Waals surface area contributed by atoms with E-state index in [4.69, 9.17) is 0 Å². The molecule has 0 saturated carbocycles. The number of non-ortho nitro benzene ring substituents is 1. The Morgan fingerprint density at radius 2 is 1.79 bits per heavy atom. The zero-order valence-electron chi connectivity index (χ0n) is 15.7. The number of nitrogens with one attached hydrogen (secondary N) is 1. The van der Waals surface area contributed by atoms with E-state index in [-0.39, 0.29) is 11.6 Å². The van der Waals surface area contributed by atoms with Gasteiger partial charge in [0, 0.05) is 29.2 Å². The molecule has 0 radical (unpaired) electrons. The molecule has 0 fully saturated rings. The molecule has 0 unspecified atom stereocenters. The van der Waals surface area contributed by atoms with Crippen LogP contribution in [0.1, 0.15) is 22.3 Å². The van der Waals surface area contributed by atoms with Crippen LogP contribution in [0.3, 0.4) is 0 Å². The molecule has 0 saturated heterocycles. The van der Waals surface area contributed by atoms with E-state index >= 15 is 0 Å². The van der Waals surface area contributed by atoms with E-state index in [1.165, 1.54) is 40.7 Å². The van der Waals surface area contributed by atoms with Crippen LogP contribution in [0.2, 0.25) is 0 Å². The number of amides is 1. The van der Waals surface area contributed by atoms with Crippen LogP contribution in [-0.4, -0.2) is 15.8 Å². The van der Waals surface area contributed by atoms with Gasteiger partial charge >= 0.3 is 0 Å². The summed E-state index contributed by atoms with van der Waals surface area (Å²) in [5, 5.41) is 15.9. The fourth-order valence-electron chi connectivity index (χ4n) is 2.72. The number of aryl methyl sites for hydroxylation is 3. The zero-order valence-corrected chi connectivity index (χ0v) is 16.5. The van der Waals surface area contributed by atoms with Crippen molar-refractivity contribution in [2.24, 2.45) is 0 Å². The Bertz CT molecular complexity index is 1070. The number of thiazole rings is 1. The van der Waals surface area contributed by atoms with Gasteiger partial charge in [-0.1, -0.05) is 6.07 Å². The number of hydrogen-bond donors (Lipinski definition) is 1. The summed E-state index contributed by atoms with van der Waals surface area (Å²) in [6, 6.07) is 10.2. The van der Waals surface area contributed by atoms with Gasteiger partial charge < -0.3 is 0 Å². The first kappa shape index (κ1) is 19.4. The molecule has 1 amide bonds. The summed E-state index contributed by atoms with van der Waals surface area (Å²) in [6.45, 7) is 6.19. The lowest BCUT2D eigenvalue weighted by atomic mass is 9.99. The molecule has 3 rings (SSSR count). The highest BCUT2D eigenvalue weighted by atomic mass is 32.1. The summed E-state index contributed by atoms with van der Waals surface area (Å²) in [6.07, 6.45) is 2.98. The smallest absolute Gasteiger partial charge is 0.269 e. The number of aromatic nitrogens is 1. The minimum atomic E-state index is -0.461. The number of nitro benzene ring substituents is 1. The highest BCUT2D eigenvalue weighted by molar-refractivity contribution is 7.14. The van der Waals surface area contributed by atoms with Crippen LogP contribution in [-0.2, 0) is 4.79 Å². The van der Waals surface area contributed by atoms with Gasteiger partial charge in [0.2, 0.25) is 5.91 Å². The molecule has 1 heterocycles. The maximum absolute atomic E-state index is 12.1. The number of hydrogen-bond acceptors (Lipinski definition) is 5. The van der Waals surface area contributed by atoms with Crippen LogP contribution in [0.4, 0.5) is 10.8 Å². The van der Waals surface area contributed by atoms with Crippen LogP contribution in [0.5, 0.6) is 0 Å². The van der Waals surface area contributed by atoms with Crippen molar-refractivity contribution in [3.63, 3.8) is 0 Å². The van der Waals surface area contributed by atoms with Gasteiger partial charge in [0.15, 0.2) is 5.13 Å². The predicted octanol–water partition coefficient (Wildman–Crippen LogP) is 5.30. The minimum absolute atomic E-state index is 0.0125. The Morgan fingerprint density at radius 1 is 1.11 bits per heavy atom. The van der Waals surface area contributed by atoms with E-state index in [9.17, 15) is 14.9 Å². The van der Waals surface area contributed by atoms with Gasteiger partial charge in [-0.2, -0.15) is 0 Å². The summed E-state index contributed by atoms with van der Waals surface area (Å²) in [5.41, 5.74) is 6.18. The van der Waals surface area contributed by atoms with E-state index in [0.29, 0.717) is 10.7 Å². The summed E-state index contributed by atoms with van der Waals surface area (Å²) >= 11 is 1.37. The summed E-state index contributed by atoms with van der Waals surface area (Å²) in [7, 11) is 0. The Kier molecular flexibility index (Phi) is 5.65. The summed E-state index contributed by atoms with van der Waals surface area (Å²) in [4.78, 5) is 26.8. The fourth-order valence-corrected chi connectivity index (χ4v) is 3.43. The van der Waals surface area contributed by atoms with Crippen molar-refractivity contribution in [3.05, 3.63) is 80.2 Å². The lowest BCUT2D eigenvalue weighted by Gasteiger charge is -2.07. The highest BCUT2D eigenvalue weighted by Gasteiger charge is 2.10. The number of anilines is 1. The third-order valence-electron chi connectivity index (χ3n) is 4.38. The van der Waals surface area contributed by atoms with Gasteiger partial charge in [0.25, 0.3) is 5.69 Å². The third kappa shape index (κ3) is 4.50. The predicted molar refractivity (Wildman–Crippen MR) is 113 cm³/mol. The zero-order chi connectivity index (χ0) is 20.3. The van der Waals surface area contributed by atoms with Crippen molar-refractivity contribution in [1.82, 2.24) is 4.98 Å². The van der Waals surface area contributed by atoms with Crippen molar-refractivity contribution in [3.8, 4) is 11.3 Å². The molecule has 0 aliphatic carbocycles. The standard InChI is InChI=1S/C21H19N3O3S/c1-13-10-15(3)18(11-14(13)2)19-12-28-21(22-19)23-20(25)9-6-16-4-7-17(8-5-16)24(26)27/h4-12H,1-3H3,(H,22,23,25). The number of nitrogens with zero attached hydrogens (tertiary/aromatic N) is 2. The second kappa shape index (κ2) is 8.14. The lowest BCUT2D eigenvalue weighted by molar-refractivity contribution is -0.384. The average Bonchev–Trinajstić information content (AvgIpc) is 3.11. The van der Waals surface area contributed by atoms with Gasteiger partial charge in [-0.25, -0.2) is 4.98 Å². The van der Waals surface area contributed by atoms with Crippen LogP contribution >= 0.6 is 11.3 Å². The van der Waals surface area contributed by atoms with E-state index < -0.39 is 4.92 Å². The number of carbonyl (C=O) groups excluding carboxylic acids is 1.